The fraction of sp³-hybridized carbons (Fsp3) is 0.176. The molecule has 0 fully saturated rings. The van der Waals surface area contributed by atoms with Crippen LogP contribution in [-0.2, 0) is 13.6 Å². The van der Waals surface area contributed by atoms with Gasteiger partial charge < -0.3 is 20.8 Å². The van der Waals surface area contributed by atoms with Gasteiger partial charge in [0.05, 0.1) is 24.6 Å². The monoisotopic (exact) mass is 373 g/mol. The lowest BCUT2D eigenvalue weighted by atomic mass is 10.1. The van der Waals surface area contributed by atoms with Crippen LogP contribution in [0.5, 0.6) is 5.75 Å². The highest BCUT2D eigenvalue weighted by Gasteiger charge is 2.15. The summed E-state index contributed by atoms with van der Waals surface area (Å²) in [5.74, 6) is -1.04. The van der Waals surface area contributed by atoms with Crippen molar-refractivity contribution in [1.82, 2.24) is 19.7 Å². The molecule has 0 amide bonds. The van der Waals surface area contributed by atoms with E-state index in [0.29, 0.717) is 11.3 Å². The Balaban J connectivity index is 1.83. The third-order valence-corrected chi connectivity index (χ3v) is 3.74. The summed E-state index contributed by atoms with van der Waals surface area (Å²) in [6.45, 7) is -0.181. The van der Waals surface area contributed by atoms with Crippen molar-refractivity contribution in [3.05, 3.63) is 53.5 Å². The lowest BCUT2D eigenvalue weighted by Gasteiger charge is -2.12. The highest BCUT2D eigenvalue weighted by molar-refractivity contribution is 5.84. The maximum atomic E-state index is 14.3. The third kappa shape index (κ3) is 4.00. The molecule has 0 unspecified atom stereocenters. The lowest BCUT2D eigenvalue weighted by Crippen LogP contribution is -2.10. The first kappa shape index (κ1) is 18.2. The van der Waals surface area contributed by atoms with Crippen LogP contribution in [-0.4, -0.2) is 33.1 Å². The zero-order chi connectivity index (χ0) is 19.4. The molecular weight excluding hydrogens is 356 g/mol. The largest absolute Gasteiger partial charge is 0.494 e. The summed E-state index contributed by atoms with van der Waals surface area (Å²) in [5, 5.41) is 17.3. The number of ether oxygens (including phenoxy) is 1. The Morgan fingerprint density at radius 2 is 2.11 bits per heavy atom. The van der Waals surface area contributed by atoms with Gasteiger partial charge in [-0.2, -0.15) is 10.1 Å². The number of aryl methyl sites for hydroxylation is 1. The van der Waals surface area contributed by atoms with Gasteiger partial charge in [0.15, 0.2) is 11.6 Å². The lowest BCUT2D eigenvalue weighted by molar-refractivity contribution is 0.381. The summed E-state index contributed by atoms with van der Waals surface area (Å²) in [6, 6.07) is 2.35. The number of rotatable bonds is 7. The minimum atomic E-state index is -0.788. The Hall–Kier alpha value is -3.56. The summed E-state index contributed by atoms with van der Waals surface area (Å²) in [7, 11) is 3.08. The summed E-state index contributed by atoms with van der Waals surface area (Å²) in [6.07, 6.45) is 5.82. The second-order valence-electron chi connectivity index (χ2n) is 5.57. The Morgan fingerprint density at radius 3 is 2.78 bits per heavy atom. The zero-order valence-corrected chi connectivity index (χ0v) is 14.6. The predicted octanol–water partition coefficient (Wildman–Crippen LogP) is 2.85. The molecule has 8 nitrogen and oxygen atoms in total. The highest BCUT2D eigenvalue weighted by atomic mass is 19.1. The summed E-state index contributed by atoms with van der Waals surface area (Å²) in [5.41, 5.74) is 0.858. The average Bonchev–Trinajstić information content (AvgIpc) is 3.06. The first-order valence-electron chi connectivity index (χ1n) is 7.89. The van der Waals surface area contributed by atoms with Crippen molar-refractivity contribution < 1.29 is 13.5 Å². The van der Waals surface area contributed by atoms with Crippen LogP contribution in [0.2, 0.25) is 0 Å². The van der Waals surface area contributed by atoms with E-state index >= 15 is 0 Å². The molecule has 0 aliphatic carbocycles. The maximum Gasteiger partial charge on any atom is 0.229 e. The van der Waals surface area contributed by atoms with Gasteiger partial charge in [-0.05, 0) is 12.1 Å². The van der Waals surface area contributed by atoms with Crippen molar-refractivity contribution >= 4 is 23.7 Å². The van der Waals surface area contributed by atoms with Crippen molar-refractivity contribution in [3.8, 4) is 5.75 Å². The molecule has 140 valence electrons. The van der Waals surface area contributed by atoms with E-state index in [0.717, 1.165) is 12.3 Å². The third-order valence-electron chi connectivity index (χ3n) is 3.74. The van der Waals surface area contributed by atoms with Crippen LogP contribution in [0.25, 0.3) is 0 Å². The van der Waals surface area contributed by atoms with E-state index in [9.17, 15) is 8.78 Å². The summed E-state index contributed by atoms with van der Waals surface area (Å²) < 4.78 is 34.8. The van der Waals surface area contributed by atoms with Gasteiger partial charge >= 0.3 is 0 Å². The van der Waals surface area contributed by atoms with E-state index in [2.05, 4.69) is 25.7 Å². The van der Waals surface area contributed by atoms with Crippen LogP contribution < -0.4 is 15.4 Å². The molecule has 0 saturated carbocycles. The van der Waals surface area contributed by atoms with Crippen molar-refractivity contribution in [2.75, 3.05) is 17.7 Å². The molecule has 1 aromatic carbocycles. The molecule has 0 aliphatic rings. The molecular formula is C17H17F2N7O. The van der Waals surface area contributed by atoms with Gasteiger partial charge in [-0.1, -0.05) is 0 Å². The van der Waals surface area contributed by atoms with Crippen molar-refractivity contribution in [2.24, 2.45) is 7.05 Å². The average molecular weight is 373 g/mol. The van der Waals surface area contributed by atoms with Crippen LogP contribution in [0.3, 0.4) is 0 Å². The smallest absolute Gasteiger partial charge is 0.229 e. The highest BCUT2D eigenvalue weighted by Crippen LogP contribution is 2.24. The van der Waals surface area contributed by atoms with Crippen LogP contribution in [0, 0.1) is 17.0 Å². The maximum absolute atomic E-state index is 14.3. The van der Waals surface area contributed by atoms with Crippen LogP contribution in [0.4, 0.5) is 26.2 Å². The SMILES string of the molecule is COc1ccc(F)c(CNc2nc(Nc3cnn(C)c3)ncc2C=N)c1F. The van der Waals surface area contributed by atoms with Gasteiger partial charge in [0.25, 0.3) is 0 Å². The number of nitrogens with zero attached hydrogens (tertiary/aromatic N) is 4. The predicted molar refractivity (Wildman–Crippen MR) is 96.6 cm³/mol. The van der Waals surface area contributed by atoms with E-state index < -0.39 is 11.6 Å². The molecule has 3 N–H and O–H groups in total. The number of nitrogens with one attached hydrogen (secondary N) is 3. The minimum absolute atomic E-state index is 0.0536. The number of methoxy groups -OCH3 is 1. The number of aromatic nitrogens is 4. The van der Waals surface area contributed by atoms with E-state index in [1.54, 1.807) is 24.1 Å². The number of halogens is 2. The van der Waals surface area contributed by atoms with E-state index in [4.69, 9.17) is 10.1 Å². The van der Waals surface area contributed by atoms with Crippen molar-refractivity contribution in [3.63, 3.8) is 0 Å². The number of benzene rings is 1. The van der Waals surface area contributed by atoms with Gasteiger partial charge in [0, 0.05) is 37.8 Å². The summed E-state index contributed by atoms with van der Waals surface area (Å²) >= 11 is 0. The van der Waals surface area contributed by atoms with Crippen LogP contribution in [0.15, 0.2) is 30.7 Å². The standard InChI is InChI=1S/C17H17F2N7O/c1-26-9-11(7-23-26)24-17-22-6-10(5-20)16(25-17)21-8-12-13(18)3-4-14(27-2)15(12)19/h3-7,9,20H,8H2,1-2H3,(H2,21,22,24,25). The topological polar surface area (TPSA) is 101 Å². The van der Waals surface area contributed by atoms with Crippen molar-refractivity contribution in [2.45, 2.75) is 6.54 Å². The molecule has 0 saturated heterocycles. The molecule has 2 heterocycles. The molecule has 3 aromatic rings. The molecule has 10 heteroatoms. The van der Waals surface area contributed by atoms with E-state index in [-0.39, 0.29) is 29.6 Å². The number of hydrogen-bond donors (Lipinski definition) is 3. The normalized spacial score (nSPS) is 10.5. The van der Waals surface area contributed by atoms with E-state index in [1.807, 2.05) is 0 Å². The Morgan fingerprint density at radius 1 is 1.30 bits per heavy atom. The minimum Gasteiger partial charge on any atom is -0.494 e. The fourth-order valence-electron chi connectivity index (χ4n) is 2.38. The molecule has 0 atom stereocenters. The van der Waals surface area contributed by atoms with Crippen LogP contribution >= 0.6 is 0 Å². The number of hydrogen-bond acceptors (Lipinski definition) is 7. The molecule has 2 aromatic heterocycles. The molecule has 0 spiro atoms. The van der Waals surface area contributed by atoms with Crippen molar-refractivity contribution in [1.29, 1.82) is 5.41 Å². The van der Waals surface area contributed by atoms with Gasteiger partial charge in [-0.15, -0.1) is 0 Å². The Kier molecular flexibility index (Phi) is 5.25. The molecule has 3 rings (SSSR count). The summed E-state index contributed by atoms with van der Waals surface area (Å²) in [4.78, 5) is 8.38. The molecule has 0 bridgehead atoms. The Labute approximate surface area is 153 Å². The van der Waals surface area contributed by atoms with Gasteiger partial charge in [0.1, 0.15) is 11.6 Å². The first-order valence-corrected chi connectivity index (χ1v) is 7.89. The second kappa shape index (κ2) is 7.77. The fourth-order valence-corrected chi connectivity index (χ4v) is 2.38. The van der Waals surface area contributed by atoms with Gasteiger partial charge in [-0.3, -0.25) is 4.68 Å². The van der Waals surface area contributed by atoms with Gasteiger partial charge in [0.2, 0.25) is 5.95 Å². The molecule has 0 radical (unpaired) electrons. The second-order valence-corrected chi connectivity index (χ2v) is 5.57. The molecule has 0 aliphatic heterocycles. The first-order chi connectivity index (χ1) is 13.0. The zero-order valence-electron chi connectivity index (χ0n) is 14.6. The quantitative estimate of drug-likeness (QED) is 0.551. The van der Waals surface area contributed by atoms with Gasteiger partial charge in [-0.25, -0.2) is 13.8 Å². The van der Waals surface area contributed by atoms with E-state index in [1.165, 1.54) is 19.4 Å². The number of anilines is 3. The molecule has 27 heavy (non-hydrogen) atoms. The Bertz CT molecular complexity index is 974. The van der Waals surface area contributed by atoms with Crippen LogP contribution in [0.1, 0.15) is 11.1 Å².